The number of aromatic nitrogens is 2. The third-order valence-electron chi connectivity index (χ3n) is 3.67. The quantitative estimate of drug-likeness (QED) is 0.598. The molecule has 8 nitrogen and oxygen atoms in total. The third-order valence-corrected chi connectivity index (χ3v) is 4.60. The maximum Gasteiger partial charge on any atom is 0.238 e. The molecule has 0 atom stereocenters. The van der Waals surface area contributed by atoms with E-state index in [0.717, 1.165) is 30.2 Å². The minimum Gasteiger partial charge on any atom is -0.369 e. The van der Waals surface area contributed by atoms with E-state index in [-0.39, 0.29) is 4.90 Å². The molecule has 1 aromatic carbocycles. The first-order valence-corrected chi connectivity index (χ1v) is 9.88. The summed E-state index contributed by atoms with van der Waals surface area (Å²) in [6.45, 7) is 4.28. The second kappa shape index (κ2) is 8.93. The summed E-state index contributed by atoms with van der Waals surface area (Å²) < 4.78 is 22.5. The van der Waals surface area contributed by atoms with Crippen LogP contribution in [0.3, 0.4) is 0 Å². The predicted octanol–water partition coefficient (Wildman–Crippen LogP) is 1.06. The van der Waals surface area contributed by atoms with E-state index in [9.17, 15) is 8.42 Å². The van der Waals surface area contributed by atoms with Crippen molar-refractivity contribution in [1.82, 2.24) is 14.9 Å². The van der Waals surface area contributed by atoms with Gasteiger partial charge < -0.3 is 15.5 Å². The summed E-state index contributed by atoms with van der Waals surface area (Å²) in [6, 6.07) is 8.45. The Bertz CT molecular complexity index is 822. The lowest BCUT2D eigenvalue weighted by molar-refractivity contribution is 0.425. The fourth-order valence-corrected chi connectivity index (χ4v) is 2.83. The van der Waals surface area contributed by atoms with Crippen LogP contribution in [0.25, 0.3) is 0 Å². The first-order chi connectivity index (χ1) is 12.2. The van der Waals surface area contributed by atoms with Crippen molar-refractivity contribution >= 4 is 21.8 Å². The number of rotatable bonds is 9. The second-order valence-corrected chi connectivity index (χ2v) is 7.88. The smallest absolute Gasteiger partial charge is 0.238 e. The lowest BCUT2D eigenvalue weighted by Gasteiger charge is -2.12. The molecule has 142 valence electrons. The summed E-state index contributed by atoms with van der Waals surface area (Å²) in [7, 11) is 0.395. The SMILES string of the molecule is Cc1cc(NCCN(C)C)nc(NCCc2ccc(S(N)(=O)=O)cc2)n1. The Labute approximate surface area is 154 Å². The van der Waals surface area contributed by atoms with Crippen molar-refractivity contribution in [1.29, 1.82) is 0 Å². The highest BCUT2D eigenvalue weighted by Gasteiger charge is 2.07. The molecule has 0 saturated carbocycles. The number of nitrogens with zero attached hydrogens (tertiary/aromatic N) is 3. The first-order valence-electron chi connectivity index (χ1n) is 8.34. The monoisotopic (exact) mass is 378 g/mol. The van der Waals surface area contributed by atoms with E-state index in [0.29, 0.717) is 18.9 Å². The van der Waals surface area contributed by atoms with Gasteiger partial charge in [-0.3, -0.25) is 0 Å². The molecule has 2 aromatic rings. The van der Waals surface area contributed by atoms with Crippen LogP contribution >= 0.6 is 0 Å². The molecular formula is C17H26N6O2S. The van der Waals surface area contributed by atoms with Crippen LogP contribution in [0.1, 0.15) is 11.3 Å². The number of benzene rings is 1. The van der Waals surface area contributed by atoms with Gasteiger partial charge in [0.05, 0.1) is 4.90 Å². The molecule has 2 rings (SSSR count). The van der Waals surface area contributed by atoms with E-state index in [2.05, 4.69) is 25.5 Å². The van der Waals surface area contributed by atoms with Gasteiger partial charge >= 0.3 is 0 Å². The molecule has 4 N–H and O–H groups in total. The van der Waals surface area contributed by atoms with Crippen LogP contribution in [0.15, 0.2) is 35.2 Å². The Balaban J connectivity index is 1.89. The van der Waals surface area contributed by atoms with Gasteiger partial charge in [0.1, 0.15) is 5.82 Å². The third kappa shape index (κ3) is 6.58. The molecule has 0 bridgehead atoms. The fourth-order valence-electron chi connectivity index (χ4n) is 2.31. The van der Waals surface area contributed by atoms with Crippen molar-refractivity contribution in [3.63, 3.8) is 0 Å². The number of nitrogens with one attached hydrogen (secondary N) is 2. The molecule has 0 aliphatic heterocycles. The average Bonchev–Trinajstić information content (AvgIpc) is 2.54. The lowest BCUT2D eigenvalue weighted by atomic mass is 10.1. The van der Waals surface area contributed by atoms with Gasteiger partial charge in [0.15, 0.2) is 0 Å². The lowest BCUT2D eigenvalue weighted by Crippen LogP contribution is -2.21. The summed E-state index contributed by atoms with van der Waals surface area (Å²) in [5, 5.41) is 11.6. The van der Waals surface area contributed by atoms with Gasteiger partial charge in [-0.15, -0.1) is 0 Å². The van der Waals surface area contributed by atoms with Crippen LogP contribution in [0.2, 0.25) is 0 Å². The number of likely N-dealkylation sites (N-methyl/N-ethyl adjacent to an activating group) is 1. The number of primary sulfonamides is 1. The van der Waals surface area contributed by atoms with E-state index in [4.69, 9.17) is 5.14 Å². The summed E-state index contributed by atoms with van der Waals surface area (Å²) in [6.07, 6.45) is 0.714. The largest absolute Gasteiger partial charge is 0.369 e. The van der Waals surface area contributed by atoms with E-state index >= 15 is 0 Å². The zero-order chi connectivity index (χ0) is 19.2. The van der Waals surface area contributed by atoms with Gasteiger partial charge in [0.2, 0.25) is 16.0 Å². The van der Waals surface area contributed by atoms with Crippen LogP contribution in [0, 0.1) is 6.92 Å². The van der Waals surface area contributed by atoms with Crippen molar-refractivity contribution in [2.24, 2.45) is 5.14 Å². The Morgan fingerprint density at radius 2 is 1.77 bits per heavy atom. The van der Waals surface area contributed by atoms with Crippen molar-refractivity contribution < 1.29 is 8.42 Å². The predicted molar refractivity (Wildman–Crippen MR) is 104 cm³/mol. The second-order valence-electron chi connectivity index (χ2n) is 6.31. The maximum absolute atomic E-state index is 11.3. The first kappa shape index (κ1) is 20.1. The van der Waals surface area contributed by atoms with Gasteiger partial charge in [-0.05, 0) is 45.1 Å². The number of sulfonamides is 1. The van der Waals surface area contributed by atoms with Crippen LogP contribution in [-0.4, -0.2) is 57.0 Å². The van der Waals surface area contributed by atoms with Crippen LogP contribution < -0.4 is 15.8 Å². The Kier molecular flexibility index (Phi) is 6.90. The standard InChI is InChI=1S/C17H26N6O2S/c1-13-12-16(19-10-11-23(2)3)22-17(21-13)20-9-8-14-4-6-15(7-5-14)26(18,24)25/h4-7,12H,8-11H2,1-3H3,(H2,18,24,25)(H2,19,20,21,22). The number of hydrogen-bond acceptors (Lipinski definition) is 7. The molecule has 0 unspecified atom stereocenters. The molecule has 1 aromatic heterocycles. The minimum atomic E-state index is -3.65. The molecule has 0 aliphatic carbocycles. The Morgan fingerprint density at radius 1 is 1.08 bits per heavy atom. The molecular weight excluding hydrogens is 352 g/mol. The highest BCUT2D eigenvalue weighted by atomic mass is 32.2. The van der Waals surface area contributed by atoms with Gasteiger partial charge in [0.25, 0.3) is 0 Å². The van der Waals surface area contributed by atoms with Crippen molar-refractivity contribution in [2.75, 3.05) is 44.4 Å². The van der Waals surface area contributed by atoms with E-state index < -0.39 is 10.0 Å². The Morgan fingerprint density at radius 3 is 2.38 bits per heavy atom. The normalized spacial score (nSPS) is 11.6. The Hall–Kier alpha value is -2.23. The summed E-state index contributed by atoms with van der Waals surface area (Å²) in [5.41, 5.74) is 1.88. The molecule has 26 heavy (non-hydrogen) atoms. The van der Waals surface area contributed by atoms with E-state index in [1.807, 2.05) is 27.1 Å². The summed E-state index contributed by atoms with van der Waals surface area (Å²) in [4.78, 5) is 11.1. The number of aryl methyl sites for hydroxylation is 1. The maximum atomic E-state index is 11.3. The molecule has 0 aliphatic rings. The molecule has 9 heteroatoms. The molecule has 0 amide bonds. The number of nitrogens with two attached hydrogens (primary N) is 1. The fraction of sp³-hybridized carbons (Fsp3) is 0.412. The molecule has 0 fully saturated rings. The number of anilines is 2. The van der Waals surface area contributed by atoms with Crippen LogP contribution in [0.5, 0.6) is 0 Å². The number of hydrogen-bond donors (Lipinski definition) is 3. The van der Waals surface area contributed by atoms with E-state index in [1.54, 1.807) is 12.1 Å². The summed E-state index contributed by atoms with van der Waals surface area (Å²) >= 11 is 0. The molecule has 1 heterocycles. The summed E-state index contributed by atoms with van der Waals surface area (Å²) in [5.74, 6) is 1.36. The van der Waals surface area contributed by atoms with Crippen LogP contribution in [0.4, 0.5) is 11.8 Å². The average molecular weight is 379 g/mol. The molecule has 0 saturated heterocycles. The van der Waals surface area contributed by atoms with Gasteiger partial charge in [0, 0.05) is 31.4 Å². The van der Waals surface area contributed by atoms with Gasteiger partial charge in [-0.25, -0.2) is 18.5 Å². The molecule has 0 radical (unpaired) electrons. The molecule has 0 spiro atoms. The van der Waals surface area contributed by atoms with Gasteiger partial charge in [-0.2, -0.15) is 4.98 Å². The van der Waals surface area contributed by atoms with Gasteiger partial charge in [-0.1, -0.05) is 12.1 Å². The van der Waals surface area contributed by atoms with Crippen LogP contribution in [-0.2, 0) is 16.4 Å². The van der Waals surface area contributed by atoms with Crippen molar-refractivity contribution in [3.05, 3.63) is 41.6 Å². The van der Waals surface area contributed by atoms with E-state index in [1.165, 1.54) is 12.1 Å². The van der Waals surface area contributed by atoms with Crippen molar-refractivity contribution in [2.45, 2.75) is 18.2 Å². The zero-order valence-corrected chi connectivity index (χ0v) is 16.2. The minimum absolute atomic E-state index is 0.115. The van der Waals surface area contributed by atoms with Crippen molar-refractivity contribution in [3.8, 4) is 0 Å². The highest BCUT2D eigenvalue weighted by Crippen LogP contribution is 2.11. The zero-order valence-electron chi connectivity index (χ0n) is 15.4. The topological polar surface area (TPSA) is 113 Å². The highest BCUT2D eigenvalue weighted by molar-refractivity contribution is 7.89.